The molecule has 16 heteroatoms. The highest BCUT2D eigenvalue weighted by Gasteiger charge is 2.53. The van der Waals surface area contributed by atoms with Gasteiger partial charge in [-0.3, -0.25) is 28.7 Å². The second kappa shape index (κ2) is 8.68. The number of H-pyrrole nitrogens is 1. The number of anilines is 1. The van der Waals surface area contributed by atoms with Crippen molar-refractivity contribution in [2.45, 2.75) is 51.5 Å². The molecule has 0 aliphatic carbocycles. The molecule has 3 N–H and O–H groups in total. The fourth-order valence-corrected chi connectivity index (χ4v) is 3.34. The van der Waals surface area contributed by atoms with Crippen LogP contribution in [-0.4, -0.2) is 62.3 Å². The Kier molecular flexibility index (Phi) is 6.31. The van der Waals surface area contributed by atoms with Crippen LogP contribution in [0, 0.1) is 0 Å². The Morgan fingerprint density at radius 3 is 2.24 bits per heavy atom. The Morgan fingerprint density at radius 2 is 1.70 bits per heavy atom. The molecule has 1 saturated heterocycles. The van der Waals surface area contributed by atoms with Crippen LogP contribution in [0.1, 0.15) is 32.8 Å². The van der Waals surface area contributed by atoms with Crippen LogP contribution in [0.3, 0.4) is 0 Å². The number of carbonyl (C=O) groups is 3. The van der Waals surface area contributed by atoms with Crippen molar-refractivity contribution in [1.82, 2.24) is 19.5 Å². The third kappa shape index (κ3) is 4.89. The summed E-state index contributed by atoms with van der Waals surface area (Å²) in [5, 5.41) is 0. The molecule has 2 aromatic rings. The molecule has 1 aliphatic heterocycles. The minimum absolute atomic E-state index is 0.374. The molecular formula is C17H18F3N5O8. The van der Waals surface area contributed by atoms with Crippen molar-refractivity contribution in [2.75, 3.05) is 12.3 Å². The second-order valence-electron chi connectivity index (χ2n) is 6.94. The van der Waals surface area contributed by atoms with Crippen molar-refractivity contribution < 1.29 is 46.5 Å². The number of aromatic nitrogens is 4. The summed E-state index contributed by atoms with van der Waals surface area (Å²) in [4.78, 5) is 55.8. The van der Waals surface area contributed by atoms with E-state index in [4.69, 9.17) is 24.7 Å². The van der Waals surface area contributed by atoms with E-state index in [0.717, 1.165) is 20.8 Å². The van der Waals surface area contributed by atoms with Crippen molar-refractivity contribution in [3.05, 3.63) is 16.2 Å². The van der Waals surface area contributed by atoms with E-state index in [0.29, 0.717) is 4.57 Å². The van der Waals surface area contributed by atoms with E-state index in [2.05, 4.69) is 9.97 Å². The molecule has 13 nitrogen and oxygen atoms in total. The molecule has 0 saturated carbocycles. The molecule has 0 bridgehead atoms. The lowest BCUT2D eigenvalue weighted by atomic mass is 10.1. The number of imidazole rings is 1. The average Bonchev–Trinajstić information content (AvgIpc) is 3.18. The summed E-state index contributed by atoms with van der Waals surface area (Å²) in [6, 6.07) is 0. The van der Waals surface area contributed by atoms with E-state index in [1.54, 1.807) is 0 Å². The summed E-state index contributed by atoms with van der Waals surface area (Å²) >= 11 is 0. The summed E-state index contributed by atoms with van der Waals surface area (Å²) in [6.45, 7) is 2.50. The molecule has 1 fully saturated rings. The van der Waals surface area contributed by atoms with Gasteiger partial charge in [0.1, 0.15) is 12.7 Å². The van der Waals surface area contributed by atoms with Crippen LogP contribution in [0.2, 0.25) is 0 Å². The molecule has 3 heterocycles. The highest BCUT2D eigenvalue weighted by molar-refractivity contribution is 5.72. The summed E-state index contributed by atoms with van der Waals surface area (Å²) in [5.74, 6) is -4.70. The number of aromatic amines is 1. The van der Waals surface area contributed by atoms with Gasteiger partial charge in [-0.2, -0.15) is 18.2 Å². The maximum atomic E-state index is 13.8. The van der Waals surface area contributed by atoms with Gasteiger partial charge in [0.05, 0.1) is 0 Å². The Hall–Kier alpha value is -3.69. The number of halogens is 3. The zero-order valence-electron chi connectivity index (χ0n) is 17.3. The number of rotatable bonds is 5. The molecule has 3 rings (SSSR count). The number of hydrogen-bond donors (Lipinski definition) is 2. The van der Waals surface area contributed by atoms with Crippen molar-refractivity contribution in [3.63, 3.8) is 0 Å². The largest absolute Gasteiger partial charge is 0.463 e. The number of esters is 3. The number of nitrogen functional groups attached to an aromatic ring is 1. The van der Waals surface area contributed by atoms with Gasteiger partial charge in [0.2, 0.25) is 11.8 Å². The first-order valence-corrected chi connectivity index (χ1v) is 9.27. The summed E-state index contributed by atoms with van der Waals surface area (Å²) in [7, 11) is 0. The van der Waals surface area contributed by atoms with Gasteiger partial charge in [-0.05, 0) is 0 Å². The number of alkyl halides is 3. The minimum atomic E-state index is -5.11. The summed E-state index contributed by atoms with van der Waals surface area (Å²) in [5.41, 5.74) is 3.09. The normalized spacial score (nSPS) is 22.8. The molecule has 1 aliphatic rings. The Morgan fingerprint density at radius 1 is 1.09 bits per heavy atom. The molecule has 1 unspecified atom stereocenters. The monoisotopic (exact) mass is 477 g/mol. The van der Waals surface area contributed by atoms with Crippen molar-refractivity contribution in [1.29, 1.82) is 0 Å². The lowest BCUT2D eigenvalue weighted by Gasteiger charge is -2.24. The fourth-order valence-electron chi connectivity index (χ4n) is 3.34. The average molecular weight is 477 g/mol. The van der Waals surface area contributed by atoms with Crippen LogP contribution in [0.25, 0.3) is 11.2 Å². The van der Waals surface area contributed by atoms with Gasteiger partial charge in [0.15, 0.2) is 29.6 Å². The van der Waals surface area contributed by atoms with Gasteiger partial charge in [-0.15, -0.1) is 0 Å². The number of ether oxygens (including phenoxy) is 4. The second-order valence-corrected chi connectivity index (χ2v) is 6.94. The van der Waals surface area contributed by atoms with Gasteiger partial charge in [0, 0.05) is 20.8 Å². The summed E-state index contributed by atoms with van der Waals surface area (Å²) < 4.78 is 62.6. The van der Waals surface area contributed by atoms with Gasteiger partial charge in [-0.1, -0.05) is 0 Å². The Bertz CT molecular complexity index is 1160. The molecule has 2 aromatic heterocycles. The predicted molar refractivity (Wildman–Crippen MR) is 99.2 cm³/mol. The fraction of sp³-hybridized carbons (Fsp3) is 0.529. The van der Waals surface area contributed by atoms with Gasteiger partial charge in [0.25, 0.3) is 5.56 Å². The SMILES string of the molecule is CC(=O)OC[C@H]1O[C@@H](n2c(C(F)(F)F)nc3c(=O)[nH]c(N)nc32)[C@@H](OC(C)=O)C1OC(C)=O. The smallest absolute Gasteiger partial charge is 0.449 e. The van der Waals surface area contributed by atoms with Crippen molar-refractivity contribution in [2.24, 2.45) is 0 Å². The van der Waals surface area contributed by atoms with Crippen molar-refractivity contribution in [3.8, 4) is 0 Å². The molecule has 0 aromatic carbocycles. The molecule has 4 atom stereocenters. The van der Waals surface area contributed by atoms with Crippen LogP contribution >= 0.6 is 0 Å². The standard InChI is InChI=1S/C17H18F3N5O8/c1-5(26)30-4-8-10(31-6(2)27)11(32-7(3)28)14(33-8)25-12-9(13(29)24-16(21)23-12)22-15(25)17(18,19)20/h8,10-11,14H,4H2,1-3H3,(H3,21,23,24,29)/t8-,10?,11+,14-/m1/s1. The van der Waals surface area contributed by atoms with E-state index in [-0.39, 0.29) is 0 Å². The van der Waals surface area contributed by atoms with Crippen LogP contribution in [0.4, 0.5) is 19.1 Å². The third-order valence-electron chi connectivity index (χ3n) is 4.42. The van der Waals surface area contributed by atoms with Crippen LogP contribution < -0.4 is 11.3 Å². The van der Waals surface area contributed by atoms with Gasteiger partial charge in [-0.25, -0.2) is 4.98 Å². The summed E-state index contributed by atoms with van der Waals surface area (Å²) in [6.07, 6.45) is -11.4. The van der Waals surface area contributed by atoms with E-state index < -0.39 is 83.7 Å². The highest BCUT2D eigenvalue weighted by Crippen LogP contribution is 2.40. The maximum absolute atomic E-state index is 13.8. The quantitative estimate of drug-likeness (QED) is 0.439. The number of fused-ring (bicyclic) bond motifs is 1. The van der Waals surface area contributed by atoms with E-state index in [9.17, 15) is 32.3 Å². The third-order valence-corrected chi connectivity index (χ3v) is 4.42. The zero-order valence-corrected chi connectivity index (χ0v) is 17.3. The number of nitrogens with one attached hydrogen (secondary N) is 1. The van der Waals surface area contributed by atoms with Crippen LogP contribution in [-0.2, 0) is 39.5 Å². The topological polar surface area (TPSA) is 178 Å². The lowest BCUT2D eigenvalue weighted by molar-refractivity contribution is -0.168. The molecule has 33 heavy (non-hydrogen) atoms. The zero-order chi connectivity index (χ0) is 24.7. The van der Waals surface area contributed by atoms with Crippen LogP contribution in [0.15, 0.2) is 4.79 Å². The predicted octanol–water partition coefficient (Wildman–Crippen LogP) is 0.0445. The minimum Gasteiger partial charge on any atom is -0.463 e. The van der Waals surface area contributed by atoms with Crippen molar-refractivity contribution >= 4 is 35.0 Å². The lowest BCUT2D eigenvalue weighted by Crippen LogP contribution is -2.41. The van der Waals surface area contributed by atoms with Crippen LogP contribution in [0.5, 0.6) is 0 Å². The first-order valence-electron chi connectivity index (χ1n) is 9.27. The van der Waals surface area contributed by atoms with E-state index >= 15 is 0 Å². The first-order chi connectivity index (χ1) is 15.3. The highest BCUT2D eigenvalue weighted by atomic mass is 19.4. The molecular weight excluding hydrogens is 459 g/mol. The van der Waals surface area contributed by atoms with Gasteiger partial charge >= 0.3 is 24.1 Å². The molecule has 0 spiro atoms. The maximum Gasteiger partial charge on any atom is 0.449 e. The number of nitrogens with two attached hydrogens (primary N) is 1. The Labute approximate surface area is 182 Å². The van der Waals surface area contributed by atoms with Gasteiger partial charge < -0.3 is 24.7 Å². The molecule has 0 radical (unpaired) electrons. The number of hydrogen-bond acceptors (Lipinski definition) is 11. The Balaban J connectivity index is 2.23. The van der Waals surface area contributed by atoms with E-state index in [1.165, 1.54) is 0 Å². The molecule has 0 amide bonds. The molecule has 180 valence electrons. The number of carbonyl (C=O) groups excluding carboxylic acids is 3. The first kappa shape index (κ1) is 24.0. The number of nitrogens with zero attached hydrogens (tertiary/aromatic N) is 3. The van der Waals surface area contributed by atoms with E-state index in [1.807, 2.05) is 4.98 Å².